The highest BCUT2D eigenvalue weighted by Crippen LogP contribution is 2.24. The fourth-order valence-electron chi connectivity index (χ4n) is 3.07. The van der Waals surface area contributed by atoms with E-state index in [2.05, 4.69) is 10.3 Å². The first-order chi connectivity index (χ1) is 14.2. The molecule has 7 heteroatoms. The lowest BCUT2D eigenvalue weighted by Crippen LogP contribution is -2.40. The second-order valence-electron chi connectivity index (χ2n) is 6.56. The fraction of sp³-hybridized carbons (Fsp3) is 0.182. The van der Waals surface area contributed by atoms with Crippen molar-refractivity contribution in [2.75, 3.05) is 13.2 Å². The zero-order valence-corrected chi connectivity index (χ0v) is 15.7. The van der Waals surface area contributed by atoms with E-state index in [4.69, 9.17) is 9.47 Å². The number of benzene rings is 2. The largest absolute Gasteiger partial charge is 0.491 e. The highest BCUT2D eigenvalue weighted by atomic mass is 19.1. The van der Waals surface area contributed by atoms with Crippen molar-refractivity contribution in [3.63, 3.8) is 0 Å². The normalized spacial score (nSPS) is 13.1. The predicted molar refractivity (Wildman–Crippen MR) is 105 cm³/mol. The van der Waals surface area contributed by atoms with E-state index in [9.17, 15) is 9.18 Å². The summed E-state index contributed by atoms with van der Waals surface area (Å²) in [4.78, 5) is 18.6. The summed E-state index contributed by atoms with van der Waals surface area (Å²) in [7, 11) is 0. The minimum atomic E-state index is -0.392. The van der Waals surface area contributed by atoms with Gasteiger partial charge in [-0.15, -0.1) is 0 Å². The van der Waals surface area contributed by atoms with Crippen molar-refractivity contribution >= 4 is 6.03 Å². The molecule has 6 nitrogen and oxygen atoms in total. The second kappa shape index (κ2) is 8.60. The van der Waals surface area contributed by atoms with Gasteiger partial charge in [0.2, 0.25) is 5.88 Å². The Balaban J connectivity index is 1.42. The maximum absolute atomic E-state index is 13.4. The van der Waals surface area contributed by atoms with Gasteiger partial charge in [-0.05, 0) is 24.3 Å². The molecule has 0 radical (unpaired) electrons. The molecule has 0 spiro atoms. The average Bonchev–Trinajstić information content (AvgIpc) is 2.95. The first-order valence-corrected chi connectivity index (χ1v) is 9.30. The molecule has 4 rings (SSSR count). The second-order valence-corrected chi connectivity index (χ2v) is 6.56. The number of para-hydroxylation sites is 1. The Labute approximate surface area is 167 Å². The highest BCUT2D eigenvalue weighted by Gasteiger charge is 2.19. The third kappa shape index (κ3) is 4.63. The molecule has 29 heavy (non-hydrogen) atoms. The summed E-state index contributed by atoms with van der Waals surface area (Å²) in [5.41, 5.74) is 1.66. The maximum Gasteiger partial charge on any atom is 0.318 e. The molecule has 0 bridgehead atoms. The van der Waals surface area contributed by atoms with Crippen LogP contribution in [0.4, 0.5) is 9.18 Å². The third-order valence-electron chi connectivity index (χ3n) is 4.53. The molecular formula is C22H20FN3O3. The van der Waals surface area contributed by atoms with Gasteiger partial charge in [-0.3, -0.25) is 0 Å². The van der Waals surface area contributed by atoms with Crippen LogP contribution in [0.15, 0.2) is 66.9 Å². The lowest BCUT2D eigenvalue weighted by Gasteiger charge is -2.20. The lowest BCUT2D eigenvalue weighted by molar-refractivity contribution is 0.187. The molecule has 2 heterocycles. The van der Waals surface area contributed by atoms with Crippen LogP contribution in [0.3, 0.4) is 0 Å². The van der Waals surface area contributed by atoms with E-state index < -0.39 is 5.82 Å². The molecule has 0 fully saturated rings. The van der Waals surface area contributed by atoms with Crippen molar-refractivity contribution in [3.8, 4) is 17.4 Å². The number of hydrogen-bond acceptors (Lipinski definition) is 4. The molecule has 0 unspecified atom stereocenters. The van der Waals surface area contributed by atoms with Crippen molar-refractivity contribution in [1.82, 2.24) is 15.2 Å². The molecule has 1 N–H and O–H groups in total. The number of halogens is 1. The number of carbonyl (C=O) groups is 1. The lowest BCUT2D eigenvalue weighted by atomic mass is 10.2. The van der Waals surface area contributed by atoms with Gasteiger partial charge < -0.3 is 19.7 Å². The van der Waals surface area contributed by atoms with E-state index >= 15 is 0 Å². The van der Waals surface area contributed by atoms with E-state index in [1.807, 2.05) is 30.3 Å². The number of hydrogen-bond donors (Lipinski definition) is 1. The minimum absolute atomic E-state index is 0.203. The molecule has 0 atom stereocenters. The van der Waals surface area contributed by atoms with Gasteiger partial charge in [-0.25, -0.2) is 14.2 Å². The SMILES string of the molecule is O=C(NCc1cccnc1Oc1cccc(F)c1)N1CCOc2ccccc2C1. The van der Waals surface area contributed by atoms with Gasteiger partial charge in [-0.2, -0.15) is 0 Å². The molecule has 2 amide bonds. The van der Waals surface area contributed by atoms with Crippen molar-refractivity contribution in [2.45, 2.75) is 13.1 Å². The van der Waals surface area contributed by atoms with Gasteiger partial charge in [0.1, 0.15) is 23.9 Å². The number of urea groups is 1. The average molecular weight is 393 g/mol. The molecule has 0 saturated carbocycles. The Bertz CT molecular complexity index is 1010. The van der Waals surface area contributed by atoms with Crippen molar-refractivity contribution < 1.29 is 18.7 Å². The number of amides is 2. The first kappa shape index (κ1) is 18.7. The number of carbonyl (C=O) groups excluding carboxylic acids is 1. The number of nitrogens with one attached hydrogen (secondary N) is 1. The van der Waals surface area contributed by atoms with E-state index in [1.54, 1.807) is 29.3 Å². The van der Waals surface area contributed by atoms with Crippen LogP contribution in [0.1, 0.15) is 11.1 Å². The first-order valence-electron chi connectivity index (χ1n) is 9.30. The van der Waals surface area contributed by atoms with Gasteiger partial charge >= 0.3 is 6.03 Å². The molecule has 0 aliphatic carbocycles. The van der Waals surface area contributed by atoms with E-state index in [1.165, 1.54) is 12.1 Å². The Morgan fingerprint density at radius 3 is 2.97 bits per heavy atom. The molecule has 2 aromatic carbocycles. The summed E-state index contributed by atoms with van der Waals surface area (Å²) < 4.78 is 24.8. The van der Waals surface area contributed by atoms with Crippen LogP contribution < -0.4 is 14.8 Å². The van der Waals surface area contributed by atoms with Crippen molar-refractivity contribution in [2.24, 2.45) is 0 Å². The van der Waals surface area contributed by atoms with Crippen LogP contribution in [0.2, 0.25) is 0 Å². The predicted octanol–water partition coefficient (Wildman–Crippen LogP) is 4.12. The molecule has 1 aromatic heterocycles. The molecule has 1 aliphatic rings. The topological polar surface area (TPSA) is 63.7 Å². The zero-order valence-electron chi connectivity index (χ0n) is 15.7. The summed E-state index contributed by atoms with van der Waals surface area (Å²) >= 11 is 0. The summed E-state index contributed by atoms with van der Waals surface area (Å²) in [6, 6.07) is 16.9. The van der Waals surface area contributed by atoms with Crippen LogP contribution >= 0.6 is 0 Å². The molecule has 148 valence electrons. The number of rotatable bonds is 4. The van der Waals surface area contributed by atoms with Crippen LogP contribution in [-0.4, -0.2) is 29.1 Å². The highest BCUT2D eigenvalue weighted by molar-refractivity contribution is 5.74. The Morgan fingerprint density at radius 2 is 2.07 bits per heavy atom. The molecule has 1 aliphatic heterocycles. The zero-order chi connectivity index (χ0) is 20.1. The Hall–Kier alpha value is -3.61. The number of aromatic nitrogens is 1. The van der Waals surface area contributed by atoms with Gasteiger partial charge in [-0.1, -0.05) is 30.3 Å². The quantitative estimate of drug-likeness (QED) is 0.724. The third-order valence-corrected chi connectivity index (χ3v) is 4.53. The van der Waals surface area contributed by atoms with Crippen LogP contribution in [0.25, 0.3) is 0 Å². The minimum Gasteiger partial charge on any atom is -0.491 e. The van der Waals surface area contributed by atoms with Crippen molar-refractivity contribution in [3.05, 3.63) is 83.8 Å². The van der Waals surface area contributed by atoms with E-state index in [-0.39, 0.29) is 12.6 Å². The van der Waals surface area contributed by atoms with E-state index in [0.29, 0.717) is 36.9 Å². The molecule has 0 saturated heterocycles. The monoisotopic (exact) mass is 393 g/mol. The smallest absolute Gasteiger partial charge is 0.318 e. The van der Waals surface area contributed by atoms with Crippen LogP contribution in [0.5, 0.6) is 17.4 Å². The molecule has 3 aromatic rings. The summed E-state index contributed by atoms with van der Waals surface area (Å²) in [6.45, 7) is 1.63. The van der Waals surface area contributed by atoms with Gasteiger partial charge in [0.15, 0.2) is 0 Å². The standard InChI is InChI=1S/C22H20FN3O3/c23-18-7-3-8-19(13-18)29-21-16(6-4-10-24-21)14-25-22(27)26-11-12-28-20-9-2-1-5-17(20)15-26/h1-10,13H,11-12,14-15H2,(H,25,27). The summed E-state index contributed by atoms with van der Waals surface area (Å²) in [6.07, 6.45) is 1.59. The van der Waals surface area contributed by atoms with Gasteiger partial charge in [0.25, 0.3) is 0 Å². The molecular weight excluding hydrogens is 373 g/mol. The van der Waals surface area contributed by atoms with Crippen molar-refractivity contribution in [1.29, 1.82) is 0 Å². The van der Waals surface area contributed by atoms with Gasteiger partial charge in [0, 0.05) is 29.9 Å². The number of fused-ring (bicyclic) bond motifs is 1. The number of nitrogens with zero attached hydrogens (tertiary/aromatic N) is 2. The van der Waals surface area contributed by atoms with E-state index in [0.717, 1.165) is 11.3 Å². The van der Waals surface area contributed by atoms with Crippen LogP contribution in [0, 0.1) is 5.82 Å². The van der Waals surface area contributed by atoms with Crippen LogP contribution in [-0.2, 0) is 13.1 Å². The fourth-order valence-corrected chi connectivity index (χ4v) is 3.07. The number of pyridine rings is 1. The Kier molecular flexibility index (Phi) is 5.56. The summed E-state index contributed by atoms with van der Waals surface area (Å²) in [5, 5.41) is 2.90. The number of ether oxygens (including phenoxy) is 2. The summed E-state index contributed by atoms with van der Waals surface area (Å²) in [5.74, 6) is 1.08. The Morgan fingerprint density at radius 1 is 1.17 bits per heavy atom. The maximum atomic E-state index is 13.4. The van der Waals surface area contributed by atoms with Gasteiger partial charge in [0.05, 0.1) is 13.1 Å².